The molecule has 1 aromatic carbocycles. The molecule has 8 heteroatoms. The van der Waals surface area contributed by atoms with Crippen LogP contribution in [0.15, 0.2) is 29.2 Å². The maximum absolute atomic E-state index is 12.4. The predicted octanol–water partition coefficient (Wildman–Crippen LogP) is 3.67. The molecule has 0 aliphatic carbocycles. The molecule has 0 amide bonds. The van der Waals surface area contributed by atoms with Crippen molar-refractivity contribution in [2.45, 2.75) is 29.8 Å². The number of ether oxygens (including phenoxy) is 1. The first-order valence-corrected chi connectivity index (χ1v) is 6.41. The van der Waals surface area contributed by atoms with E-state index in [0.717, 1.165) is 0 Å². The summed E-state index contributed by atoms with van der Waals surface area (Å²) >= 11 is -0.236. The van der Waals surface area contributed by atoms with Gasteiger partial charge in [0, 0.05) is 10.9 Å². The van der Waals surface area contributed by atoms with Crippen LogP contribution >= 0.6 is 24.2 Å². The van der Waals surface area contributed by atoms with Gasteiger partial charge in [-0.3, -0.25) is 4.79 Å². The first kappa shape index (κ1) is 19.1. The Morgan fingerprint density at radius 3 is 2.55 bits per heavy atom. The van der Waals surface area contributed by atoms with Crippen LogP contribution in [-0.4, -0.2) is 18.1 Å². The number of hydrogen-bond acceptors (Lipinski definition) is 4. The van der Waals surface area contributed by atoms with Crippen LogP contribution in [0, 0.1) is 0 Å². The van der Waals surface area contributed by atoms with Crippen molar-refractivity contribution in [3.05, 3.63) is 29.8 Å². The highest BCUT2D eigenvalue weighted by atomic mass is 35.5. The average Bonchev–Trinajstić information content (AvgIpc) is 2.27. The summed E-state index contributed by atoms with van der Waals surface area (Å²) in [6, 6.07) is 5.08. The van der Waals surface area contributed by atoms with Crippen molar-refractivity contribution in [1.82, 2.24) is 0 Å². The molecule has 1 aromatic rings. The lowest BCUT2D eigenvalue weighted by Crippen LogP contribution is -2.18. The van der Waals surface area contributed by atoms with Crippen LogP contribution in [0.1, 0.15) is 24.9 Å². The average molecular weight is 330 g/mol. The number of carbonyl (C=O) groups excluding carboxylic acids is 1. The number of alkyl halides is 3. The standard InChI is InChI=1S/C12H14F3NO2S.ClH/c1-2-18-11(17)7-9(16)8-5-3-4-6-10(8)19-12(13,14)15;/h3-6,9H,2,7,16H2,1H3;1H/t9-;/m1./s1. The molecule has 0 unspecified atom stereocenters. The number of thioether (sulfide) groups is 1. The Morgan fingerprint density at radius 2 is 2.00 bits per heavy atom. The van der Waals surface area contributed by atoms with Crippen LogP contribution in [-0.2, 0) is 9.53 Å². The predicted molar refractivity (Wildman–Crippen MR) is 73.8 cm³/mol. The first-order chi connectivity index (χ1) is 8.83. The van der Waals surface area contributed by atoms with Crippen LogP contribution in [0.25, 0.3) is 0 Å². The fourth-order valence-corrected chi connectivity index (χ4v) is 2.25. The largest absolute Gasteiger partial charge is 0.466 e. The van der Waals surface area contributed by atoms with Crippen LogP contribution in [0.3, 0.4) is 0 Å². The normalized spacial score (nSPS) is 12.4. The third-order valence-electron chi connectivity index (χ3n) is 2.24. The lowest BCUT2D eigenvalue weighted by molar-refractivity contribution is -0.143. The highest BCUT2D eigenvalue weighted by molar-refractivity contribution is 8.00. The van der Waals surface area contributed by atoms with E-state index in [2.05, 4.69) is 0 Å². The van der Waals surface area contributed by atoms with Gasteiger partial charge in [0.05, 0.1) is 13.0 Å². The number of esters is 1. The van der Waals surface area contributed by atoms with Crippen molar-refractivity contribution < 1.29 is 22.7 Å². The monoisotopic (exact) mass is 329 g/mol. The number of benzene rings is 1. The van der Waals surface area contributed by atoms with Crippen molar-refractivity contribution in [3.63, 3.8) is 0 Å². The Labute approximate surface area is 125 Å². The summed E-state index contributed by atoms with van der Waals surface area (Å²) in [4.78, 5) is 11.3. The Kier molecular flexibility index (Phi) is 8.00. The molecule has 0 fully saturated rings. The van der Waals surface area contributed by atoms with Crippen molar-refractivity contribution in [3.8, 4) is 0 Å². The van der Waals surface area contributed by atoms with Gasteiger partial charge in [0.1, 0.15) is 0 Å². The molecule has 0 heterocycles. The van der Waals surface area contributed by atoms with Gasteiger partial charge in [-0.2, -0.15) is 13.2 Å². The highest BCUT2D eigenvalue weighted by Gasteiger charge is 2.31. The minimum absolute atomic E-state index is 0. The maximum atomic E-state index is 12.4. The third-order valence-corrected chi connectivity index (χ3v) is 3.06. The summed E-state index contributed by atoms with van der Waals surface area (Å²) in [5.74, 6) is -0.526. The van der Waals surface area contributed by atoms with Crippen molar-refractivity contribution in [2.24, 2.45) is 5.73 Å². The lowest BCUT2D eigenvalue weighted by atomic mass is 10.1. The second-order valence-corrected chi connectivity index (χ2v) is 4.81. The molecule has 0 saturated carbocycles. The summed E-state index contributed by atoms with van der Waals surface area (Å²) in [6.07, 6.45) is -0.150. The van der Waals surface area contributed by atoms with Gasteiger partial charge < -0.3 is 10.5 Å². The van der Waals surface area contributed by atoms with Gasteiger partial charge >= 0.3 is 11.5 Å². The number of hydrogen-bond donors (Lipinski definition) is 1. The summed E-state index contributed by atoms with van der Waals surface area (Å²) in [6.45, 7) is 1.86. The summed E-state index contributed by atoms with van der Waals surface area (Å²) in [5, 5.41) is 0. The quantitative estimate of drug-likeness (QED) is 0.661. The smallest absolute Gasteiger partial charge is 0.446 e. The van der Waals surface area contributed by atoms with Gasteiger partial charge in [-0.1, -0.05) is 18.2 Å². The number of carbonyl (C=O) groups is 1. The van der Waals surface area contributed by atoms with E-state index >= 15 is 0 Å². The molecule has 114 valence electrons. The molecule has 0 spiro atoms. The van der Waals surface area contributed by atoms with E-state index in [1.807, 2.05) is 0 Å². The van der Waals surface area contributed by atoms with E-state index in [9.17, 15) is 18.0 Å². The van der Waals surface area contributed by atoms with E-state index < -0.39 is 17.5 Å². The molecule has 3 nitrogen and oxygen atoms in total. The SMILES string of the molecule is CCOC(=O)C[C@@H](N)c1ccccc1SC(F)(F)F.Cl. The molecular weight excluding hydrogens is 315 g/mol. The van der Waals surface area contributed by atoms with Gasteiger partial charge in [0.25, 0.3) is 0 Å². The summed E-state index contributed by atoms with van der Waals surface area (Å²) in [5.41, 5.74) is 1.66. The van der Waals surface area contributed by atoms with E-state index in [4.69, 9.17) is 10.5 Å². The van der Waals surface area contributed by atoms with Crippen LogP contribution < -0.4 is 5.73 Å². The van der Waals surface area contributed by atoms with Crippen LogP contribution in [0.5, 0.6) is 0 Å². The zero-order valence-corrected chi connectivity index (χ0v) is 12.3. The molecule has 0 bridgehead atoms. The van der Waals surface area contributed by atoms with Crippen molar-refractivity contribution in [1.29, 1.82) is 0 Å². The number of rotatable bonds is 5. The van der Waals surface area contributed by atoms with Crippen molar-refractivity contribution >= 4 is 30.1 Å². The molecule has 20 heavy (non-hydrogen) atoms. The minimum Gasteiger partial charge on any atom is -0.466 e. The zero-order valence-electron chi connectivity index (χ0n) is 10.6. The Hall–Kier alpha value is -0.920. The maximum Gasteiger partial charge on any atom is 0.446 e. The van der Waals surface area contributed by atoms with Crippen LogP contribution in [0.2, 0.25) is 0 Å². The molecule has 0 saturated heterocycles. The topological polar surface area (TPSA) is 52.3 Å². The van der Waals surface area contributed by atoms with Gasteiger partial charge in [-0.25, -0.2) is 0 Å². The summed E-state index contributed by atoms with van der Waals surface area (Å²) < 4.78 is 41.9. The number of halogens is 4. The van der Waals surface area contributed by atoms with E-state index in [-0.39, 0.29) is 47.7 Å². The second-order valence-electron chi connectivity index (χ2n) is 3.70. The van der Waals surface area contributed by atoms with Crippen molar-refractivity contribution in [2.75, 3.05) is 6.61 Å². The Bertz CT molecular complexity index is 443. The van der Waals surface area contributed by atoms with Gasteiger partial charge in [0.15, 0.2) is 0 Å². The molecular formula is C12H15ClF3NO2S. The Balaban J connectivity index is 0.00000361. The second kappa shape index (κ2) is 8.39. The van der Waals surface area contributed by atoms with E-state index in [1.54, 1.807) is 13.0 Å². The molecule has 2 N–H and O–H groups in total. The zero-order chi connectivity index (χ0) is 14.5. The van der Waals surface area contributed by atoms with E-state index in [1.165, 1.54) is 18.2 Å². The minimum atomic E-state index is -4.39. The highest BCUT2D eigenvalue weighted by Crippen LogP contribution is 2.40. The van der Waals surface area contributed by atoms with Gasteiger partial charge in [0.2, 0.25) is 0 Å². The van der Waals surface area contributed by atoms with Gasteiger partial charge in [-0.05, 0) is 30.3 Å². The molecule has 0 aliphatic heterocycles. The summed E-state index contributed by atoms with van der Waals surface area (Å²) in [7, 11) is 0. The van der Waals surface area contributed by atoms with Gasteiger partial charge in [-0.15, -0.1) is 12.4 Å². The fourth-order valence-electron chi connectivity index (χ4n) is 1.51. The number of nitrogens with two attached hydrogens (primary N) is 1. The third kappa shape index (κ3) is 6.49. The first-order valence-electron chi connectivity index (χ1n) is 5.59. The molecule has 1 atom stereocenters. The molecule has 0 aliphatic rings. The van der Waals surface area contributed by atoms with E-state index in [0.29, 0.717) is 0 Å². The molecule has 0 aromatic heterocycles. The lowest BCUT2D eigenvalue weighted by Gasteiger charge is -2.16. The molecule has 0 radical (unpaired) electrons. The van der Waals surface area contributed by atoms with Crippen LogP contribution in [0.4, 0.5) is 13.2 Å². The molecule has 1 rings (SSSR count). The Morgan fingerprint density at radius 1 is 1.40 bits per heavy atom. The fraction of sp³-hybridized carbons (Fsp3) is 0.417.